The third-order valence-electron chi connectivity index (χ3n) is 4.13. The molecule has 0 atom stereocenters. The van der Waals surface area contributed by atoms with Crippen LogP contribution in [0.15, 0.2) is 41.2 Å². The van der Waals surface area contributed by atoms with Gasteiger partial charge < -0.3 is 5.73 Å². The molecule has 0 unspecified atom stereocenters. The van der Waals surface area contributed by atoms with E-state index in [0.717, 1.165) is 27.5 Å². The van der Waals surface area contributed by atoms with Gasteiger partial charge in [-0.2, -0.15) is 13.2 Å². The fourth-order valence-electron chi connectivity index (χ4n) is 2.83. The van der Waals surface area contributed by atoms with E-state index in [1.807, 2.05) is 0 Å². The minimum atomic E-state index is -4.87. The Labute approximate surface area is 154 Å². The van der Waals surface area contributed by atoms with Gasteiger partial charge in [0.15, 0.2) is 5.78 Å². The monoisotopic (exact) mass is 394 g/mol. The predicted octanol–water partition coefficient (Wildman–Crippen LogP) is 3.37. The van der Waals surface area contributed by atoms with Crippen molar-refractivity contribution in [2.24, 2.45) is 5.73 Å². The SMILES string of the molecule is Cc1c(C(=O)Cn2c(C(F)(F)F)ccc(C(N)=O)c2=O)sc2ccccc12. The number of halogens is 3. The number of amides is 1. The third-order valence-corrected chi connectivity index (χ3v) is 5.44. The molecule has 2 heterocycles. The summed E-state index contributed by atoms with van der Waals surface area (Å²) in [6.45, 7) is 0.849. The second kappa shape index (κ2) is 6.66. The van der Waals surface area contributed by atoms with E-state index < -0.39 is 41.2 Å². The molecule has 3 rings (SSSR count). The number of aromatic nitrogens is 1. The Kier molecular flexibility index (Phi) is 4.64. The van der Waals surface area contributed by atoms with Crippen molar-refractivity contribution in [3.63, 3.8) is 0 Å². The molecule has 0 saturated carbocycles. The minimum Gasteiger partial charge on any atom is -0.365 e. The number of carbonyl (C=O) groups is 2. The van der Waals surface area contributed by atoms with Gasteiger partial charge in [0.25, 0.3) is 11.5 Å². The number of nitrogens with zero attached hydrogens (tertiary/aromatic N) is 1. The number of hydrogen-bond acceptors (Lipinski definition) is 4. The highest BCUT2D eigenvalue weighted by molar-refractivity contribution is 7.21. The second-order valence-corrected chi connectivity index (χ2v) is 6.91. The van der Waals surface area contributed by atoms with Crippen LogP contribution in [0.1, 0.15) is 31.3 Å². The number of Topliss-reactive ketones (excluding diaryl/α,β-unsaturated/α-hetero) is 1. The molecule has 1 amide bonds. The number of hydrogen-bond donors (Lipinski definition) is 1. The van der Waals surface area contributed by atoms with Crippen LogP contribution in [0.5, 0.6) is 0 Å². The topological polar surface area (TPSA) is 82.2 Å². The summed E-state index contributed by atoms with van der Waals surface area (Å²) in [6, 6.07) is 8.48. The molecule has 140 valence electrons. The number of ketones is 1. The summed E-state index contributed by atoms with van der Waals surface area (Å²) < 4.78 is 40.9. The zero-order valence-electron chi connectivity index (χ0n) is 14.0. The zero-order chi connectivity index (χ0) is 19.9. The highest BCUT2D eigenvalue weighted by Crippen LogP contribution is 2.32. The van der Waals surface area contributed by atoms with Gasteiger partial charge in [0.05, 0.1) is 11.4 Å². The Bertz CT molecular complexity index is 1130. The van der Waals surface area contributed by atoms with Crippen molar-refractivity contribution >= 4 is 33.1 Å². The normalized spacial score (nSPS) is 11.7. The summed E-state index contributed by atoms with van der Waals surface area (Å²) in [7, 11) is 0. The lowest BCUT2D eigenvalue weighted by Crippen LogP contribution is -2.35. The van der Waals surface area contributed by atoms with Crippen molar-refractivity contribution in [1.29, 1.82) is 0 Å². The van der Waals surface area contributed by atoms with Gasteiger partial charge in [-0.25, -0.2) is 0 Å². The van der Waals surface area contributed by atoms with Crippen LogP contribution in [0.2, 0.25) is 0 Å². The lowest BCUT2D eigenvalue weighted by Gasteiger charge is -2.15. The summed E-state index contributed by atoms with van der Waals surface area (Å²) in [4.78, 5) is 36.6. The first-order chi connectivity index (χ1) is 12.6. The Balaban J connectivity index is 2.12. The molecular formula is C18H13F3N2O3S. The number of benzene rings is 1. The van der Waals surface area contributed by atoms with Crippen LogP contribution in [0.4, 0.5) is 13.2 Å². The first kappa shape index (κ1) is 18.8. The average molecular weight is 394 g/mol. The molecule has 0 aliphatic rings. The Hall–Kier alpha value is -2.94. The first-order valence-electron chi connectivity index (χ1n) is 7.73. The molecule has 0 fully saturated rings. The largest absolute Gasteiger partial charge is 0.431 e. The van der Waals surface area contributed by atoms with E-state index in [0.29, 0.717) is 11.6 Å². The number of carbonyl (C=O) groups excluding carboxylic acids is 2. The summed E-state index contributed by atoms with van der Waals surface area (Å²) >= 11 is 1.14. The first-order valence-corrected chi connectivity index (χ1v) is 8.55. The molecular weight excluding hydrogens is 381 g/mol. The third kappa shape index (κ3) is 3.37. The lowest BCUT2D eigenvalue weighted by atomic mass is 10.1. The molecule has 0 bridgehead atoms. The van der Waals surface area contributed by atoms with E-state index in [1.165, 1.54) is 0 Å². The number of thiophene rings is 1. The molecule has 0 aliphatic carbocycles. The molecule has 0 radical (unpaired) electrons. The second-order valence-electron chi connectivity index (χ2n) is 5.86. The Morgan fingerprint density at radius 2 is 1.81 bits per heavy atom. The molecule has 27 heavy (non-hydrogen) atoms. The van der Waals surface area contributed by atoms with Crippen LogP contribution < -0.4 is 11.3 Å². The van der Waals surface area contributed by atoms with Crippen LogP contribution in [-0.2, 0) is 12.7 Å². The molecule has 9 heteroatoms. The number of primary amides is 1. The van der Waals surface area contributed by atoms with E-state index in [-0.39, 0.29) is 9.44 Å². The van der Waals surface area contributed by atoms with Crippen LogP contribution in [0, 0.1) is 6.92 Å². The highest BCUT2D eigenvalue weighted by Gasteiger charge is 2.36. The quantitative estimate of drug-likeness (QED) is 0.689. The van der Waals surface area contributed by atoms with Gasteiger partial charge in [-0.05, 0) is 36.1 Å². The fraction of sp³-hybridized carbons (Fsp3) is 0.167. The maximum absolute atomic E-state index is 13.3. The number of nitrogens with two attached hydrogens (primary N) is 1. The predicted molar refractivity (Wildman–Crippen MR) is 95.1 cm³/mol. The number of pyridine rings is 1. The minimum absolute atomic E-state index is 0.256. The Morgan fingerprint density at radius 1 is 1.15 bits per heavy atom. The van der Waals surface area contributed by atoms with Crippen molar-refractivity contribution in [1.82, 2.24) is 4.57 Å². The van der Waals surface area contributed by atoms with E-state index in [1.54, 1.807) is 31.2 Å². The van der Waals surface area contributed by atoms with Gasteiger partial charge in [-0.15, -0.1) is 11.3 Å². The molecule has 3 aromatic rings. The van der Waals surface area contributed by atoms with E-state index in [9.17, 15) is 27.6 Å². The van der Waals surface area contributed by atoms with Crippen LogP contribution in [0.25, 0.3) is 10.1 Å². The van der Waals surface area contributed by atoms with Gasteiger partial charge in [0.1, 0.15) is 11.3 Å². The molecule has 2 aromatic heterocycles. The number of rotatable bonds is 4. The van der Waals surface area contributed by atoms with Crippen molar-refractivity contribution in [3.05, 3.63) is 68.4 Å². The fourth-order valence-corrected chi connectivity index (χ4v) is 3.97. The molecule has 0 aliphatic heterocycles. The maximum atomic E-state index is 13.3. The van der Waals surface area contributed by atoms with E-state index in [2.05, 4.69) is 0 Å². The summed E-state index contributed by atoms with van der Waals surface area (Å²) in [5.41, 5.74) is 2.51. The number of alkyl halides is 3. The van der Waals surface area contributed by atoms with Crippen molar-refractivity contribution in [3.8, 4) is 0 Å². The number of aryl methyl sites for hydroxylation is 1. The zero-order valence-corrected chi connectivity index (χ0v) is 14.8. The average Bonchev–Trinajstić information content (AvgIpc) is 2.92. The van der Waals surface area contributed by atoms with Gasteiger partial charge >= 0.3 is 6.18 Å². The van der Waals surface area contributed by atoms with Crippen molar-refractivity contribution < 1.29 is 22.8 Å². The molecule has 1 aromatic carbocycles. The highest BCUT2D eigenvalue weighted by atomic mass is 32.1. The van der Waals surface area contributed by atoms with Crippen molar-refractivity contribution in [2.45, 2.75) is 19.6 Å². The van der Waals surface area contributed by atoms with Gasteiger partial charge in [0, 0.05) is 4.70 Å². The van der Waals surface area contributed by atoms with Gasteiger partial charge in [-0.3, -0.25) is 19.0 Å². The Morgan fingerprint density at radius 3 is 2.41 bits per heavy atom. The summed E-state index contributed by atoms with van der Waals surface area (Å²) in [6.07, 6.45) is -4.87. The van der Waals surface area contributed by atoms with Crippen LogP contribution in [0.3, 0.4) is 0 Å². The van der Waals surface area contributed by atoms with E-state index >= 15 is 0 Å². The molecule has 2 N–H and O–H groups in total. The molecule has 0 spiro atoms. The maximum Gasteiger partial charge on any atom is 0.431 e. The van der Waals surface area contributed by atoms with Gasteiger partial charge in [0.2, 0.25) is 0 Å². The van der Waals surface area contributed by atoms with Gasteiger partial charge in [-0.1, -0.05) is 18.2 Å². The van der Waals surface area contributed by atoms with Crippen molar-refractivity contribution in [2.75, 3.05) is 0 Å². The molecule has 5 nitrogen and oxygen atoms in total. The smallest absolute Gasteiger partial charge is 0.365 e. The summed E-state index contributed by atoms with van der Waals surface area (Å²) in [5, 5.41) is 0.820. The lowest BCUT2D eigenvalue weighted by molar-refractivity contribution is -0.144. The summed E-state index contributed by atoms with van der Waals surface area (Å²) in [5.74, 6) is -1.81. The van der Waals surface area contributed by atoms with Crippen LogP contribution >= 0.6 is 11.3 Å². The molecule has 0 saturated heterocycles. The number of fused-ring (bicyclic) bond motifs is 1. The van der Waals surface area contributed by atoms with Crippen LogP contribution in [-0.4, -0.2) is 16.3 Å². The standard InChI is InChI=1S/C18H13F3N2O3S/c1-9-10-4-2-3-5-13(10)27-15(9)12(24)8-23-14(18(19,20)21)7-6-11(16(22)25)17(23)26/h2-7H,8H2,1H3,(H2,22,25). The van der Waals surface area contributed by atoms with E-state index in [4.69, 9.17) is 5.73 Å².